The lowest BCUT2D eigenvalue weighted by molar-refractivity contribution is 1.17. The number of aromatic nitrogens is 2. The van der Waals surface area contributed by atoms with Gasteiger partial charge >= 0.3 is 0 Å². The Morgan fingerprint density at radius 2 is 1.52 bits per heavy atom. The number of nitrogens with one attached hydrogen (secondary N) is 1. The maximum absolute atomic E-state index is 4.70. The van der Waals surface area contributed by atoms with E-state index in [1.165, 1.54) is 5.56 Å². The fourth-order valence-electron chi connectivity index (χ4n) is 2.16. The summed E-state index contributed by atoms with van der Waals surface area (Å²) in [4.78, 5) is 9.24. The molecular weight excluding hydrogens is 258 g/mol. The minimum Gasteiger partial charge on any atom is -0.373 e. The summed E-state index contributed by atoms with van der Waals surface area (Å²) < 4.78 is 0. The van der Waals surface area contributed by atoms with E-state index in [1.807, 2.05) is 43.4 Å². The van der Waals surface area contributed by atoms with Gasteiger partial charge in [0.05, 0.1) is 5.69 Å². The molecule has 1 N–H and O–H groups in total. The standard InChI is InChI=1S/C18H17N3/c1-13-8-10-14(11-9-13)16-12-17(19-2)21-18(20-16)15-6-4-3-5-7-15/h3-12H,1-2H3,(H,19,20,21). The van der Waals surface area contributed by atoms with Gasteiger partial charge < -0.3 is 5.32 Å². The zero-order valence-corrected chi connectivity index (χ0v) is 12.2. The molecule has 2 aromatic carbocycles. The van der Waals surface area contributed by atoms with Gasteiger partial charge in [0.15, 0.2) is 5.82 Å². The van der Waals surface area contributed by atoms with E-state index in [0.717, 1.165) is 28.5 Å². The summed E-state index contributed by atoms with van der Waals surface area (Å²) in [5.41, 5.74) is 4.28. The lowest BCUT2D eigenvalue weighted by Gasteiger charge is -2.08. The van der Waals surface area contributed by atoms with Crippen LogP contribution >= 0.6 is 0 Å². The van der Waals surface area contributed by atoms with Crippen molar-refractivity contribution in [2.45, 2.75) is 6.92 Å². The highest BCUT2D eigenvalue weighted by Crippen LogP contribution is 2.24. The molecule has 0 aliphatic carbocycles. The van der Waals surface area contributed by atoms with Crippen LogP contribution < -0.4 is 5.32 Å². The first-order valence-electron chi connectivity index (χ1n) is 6.95. The van der Waals surface area contributed by atoms with E-state index in [2.05, 4.69) is 41.5 Å². The van der Waals surface area contributed by atoms with Crippen LogP contribution in [0.5, 0.6) is 0 Å². The zero-order valence-electron chi connectivity index (χ0n) is 12.2. The predicted octanol–water partition coefficient (Wildman–Crippen LogP) is 4.16. The average Bonchev–Trinajstić information content (AvgIpc) is 2.56. The third-order valence-electron chi connectivity index (χ3n) is 3.36. The van der Waals surface area contributed by atoms with E-state index in [1.54, 1.807) is 0 Å². The molecular formula is C18H17N3. The molecule has 3 nitrogen and oxygen atoms in total. The van der Waals surface area contributed by atoms with Gasteiger partial charge in [-0.15, -0.1) is 0 Å². The number of benzene rings is 2. The van der Waals surface area contributed by atoms with Crippen LogP contribution in [0.15, 0.2) is 60.7 Å². The molecule has 0 saturated carbocycles. The Hall–Kier alpha value is -2.68. The smallest absolute Gasteiger partial charge is 0.162 e. The Labute approximate surface area is 124 Å². The molecule has 0 unspecified atom stereocenters. The van der Waals surface area contributed by atoms with Crippen LogP contribution in [-0.2, 0) is 0 Å². The highest BCUT2D eigenvalue weighted by molar-refractivity contribution is 5.67. The number of hydrogen-bond donors (Lipinski definition) is 1. The first-order valence-corrected chi connectivity index (χ1v) is 6.95. The number of aryl methyl sites for hydroxylation is 1. The summed E-state index contributed by atoms with van der Waals surface area (Å²) in [6.07, 6.45) is 0. The van der Waals surface area contributed by atoms with E-state index < -0.39 is 0 Å². The topological polar surface area (TPSA) is 37.8 Å². The fourth-order valence-corrected chi connectivity index (χ4v) is 2.16. The summed E-state index contributed by atoms with van der Waals surface area (Å²) in [6.45, 7) is 2.08. The second-order valence-corrected chi connectivity index (χ2v) is 4.94. The molecule has 0 spiro atoms. The van der Waals surface area contributed by atoms with Crippen molar-refractivity contribution in [2.24, 2.45) is 0 Å². The van der Waals surface area contributed by atoms with Crippen LogP contribution in [0.25, 0.3) is 22.6 Å². The van der Waals surface area contributed by atoms with E-state index in [-0.39, 0.29) is 0 Å². The summed E-state index contributed by atoms with van der Waals surface area (Å²) in [6, 6.07) is 20.4. The van der Waals surface area contributed by atoms with Crippen molar-refractivity contribution < 1.29 is 0 Å². The molecule has 1 aromatic heterocycles. The van der Waals surface area contributed by atoms with Crippen LogP contribution in [0.2, 0.25) is 0 Å². The van der Waals surface area contributed by atoms with Crippen molar-refractivity contribution in [1.82, 2.24) is 9.97 Å². The third-order valence-corrected chi connectivity index (χ3v) is 3.36. The van der Waals surface area contributed by atoms with Gasteiger partial charge in [0.25, 0.3) is 0 Å². The quantitative estimate of drug-likeness (QED) is 0.780. The van der Waals surface area contributed by atoms with Crippen molar-refractivity contribution in [1.29, 1.82) is 0 Å². The first kappa shape index (κ1) is 13.3. The Morgan fingerprint density at radius 3 is 2.19 bits per heavy atom. The minimum atomic E-state index is 0.734. The molecule has 104 valence electrons. The molecule has 0 saturated heterocycles. The molecule has 0 radical (unpaired) electrons. The van der Waals surface area contributed by atoms with E-state index in [9.17, 15) is 0 Å². The molecule has 0 bridgehead atoms. The van der Waals surface area contributed by atoms with E-state index in [0.29, 0.717) is 0 Å². The fraction of sp³-hybridized carbons (Fsp3) is 0.111. The van der Waals surface area contributed by atoms with Gasteiger partial charge in [-0.25, -0.2) is 9.97 Å². The largest absolute Gasteiger partial charge is 0.373 e. The van der Waals surface area contributed by atoms with Crippen LogP contribution in [0.3, 0.4) is 0 Å². The highest BCUT2D eigenvalue weighted by Gasteiger charge is 2.07. The number of nitrogens with zero attached hydrogens (tertiary/aromatic N) is 2. The molecule has 1 heterocycles. The lowest BCUT2D eigenvalue weighted by atomic mass is 10.1. The second-order valence-electron chi connectivity index (χ2n) is 4.94. The van der Waals surface area contributed by atoms with E-state index in [4.69, 9.17) is 4.98 Å². The Balaban J connectivity index is 2.11. The van der Waals surface area contributed by atoms with Crippen LogP contribution in [-0.4, -0.2) is 17.0 Å². The molecule has 0 atom stereocenters. The van der Waals surface area contributed by atoms with Crippen molar-refractivity contribution >= 4 is 5.82 Å². The van der Waals surface area contributed by atoms with Gasteiger partial charge in [-0.05, 0) is 6.92 Å². The zero-order chi connectivity index (χ0) is 14.7. The molecule has 21 heavy (non-hydrogen) atoms. The number of anilines is 1. The lowest BCUT2D eigenvalue weighted by Crippen LogP contribution is -1.98. The summed E-state index contributed by atoms with van der Waals surface area (Å²) in [5, 5.41) is 3.11. The van der Waals surface area contributed by atoms with Gasteiger partial charge in [-0.1, -0.05) is 60.2 Å². The maximum atomic E-state index is 4.70. The molecule has 0 fully saturated rings. The molecule has 0 aliphatic heterocycles. The SMILES string of the molecule is CNc1cc(-c2ccc(C)cc2)nc(-c2ccccc2)n1. The van der Waals surface area contributed by atoms with Gasteiger partial charge in [0.1, 0.15) is 5.82 Å². The Morgan fingerprint density at radius 1 is 0.810 bits per heavy atom. The summed E-state index contributed by atoms with van der Waals surface area (Å²) >= 11 is 0. The molecule has 0 aliphatic rings. The van der Waals surface area contributed by atoms with Crippen molar-refractivity contribution in [3.63, 3.8) is 0 Å². The molecule has 0 amide bonds. The maximum Gasteiger partial charge on any atom is 0.162 e. The van der Waals surface area contributed by atoms with Crippen molar-refractivity contribution in [3.8, 4) is 22.6 Å². The summed E-state index contributed by atoms with van der Waals surface area (Å²) in [5.74, 6) is 1.55. The first-order chi connectivity index (χ1) is 10.3. The average molecular weight is 275 g/mol. The molecule has 3 rings (SSSR count). The second kappa shape index (κ2) is 5.75. The third kappa shape index (κ3) is 2.92. The van der Waals surface area contributed by atoms with Gasteiger partial charge in [0.2, 0.25) is 0 Å². The highest BCUT2D eigenvalue weighted by atomic mass is 15.0. The molecule has 3 aromatic rings. The van der Waals surface area contributed by atoms with Gasteiger partial charge in [-0.2, -0.15) is 0 Å². The Bertz CT molecular complexity index is 734. The van der Waals surface area contributed by atoms with Crippen LogP contribution in [0.4, 0.5) is 5.82 Å². The van der Waals surface area contributed by atoms with Crippen molar-refractivity contribution in [3.05, 3.63) is 66.2 Å². The van der Waals surface area contributed by atoms with Gasteiger partial charge in [-0.3, -0.25) is 0 Å². The van der Waals surface area contributed by atoms with E-state index >= 15 is 0 Å². The molecule has 3 heteroatoms. The van der Waals surface area contributed by atoms with Crippen molar-refractivity contribution in [2.75, 3.05) is 12.4 Å². The van der Waals surface area contributed by atoms with Crippen LogP contribution in [0, 0.1) is 6.92 Å². The van der Waals surface area contributed by atoms with Crippen LogP contribution in [0.1, 0.15) is 5.56 Å². The van der Waals surface area contributed by atoms with Gasteiger partial charge in [0, 0.05) is 24.2 Å². The normalized spacial score (nSPS) is 10.4. The number of hydrogen-bond acceptors (Lipinski definition) is 3. The minimum absolute atomic E-state index is 0.734. The Kier molecular flexibility index (Phi) is 3.65. The number of rotatable bonds is 3. The predicted molar refractivity (Wildman–Crippen MR) is 87.2 cm³/mol. The monoisotopic (exact) mass is 275 g/mol. The summed E-state index contributed by atoms with van der Waals surface area (Å²) in [7, 11) is 1.87.